The van der Waals surface area contributed by atoms with E-state index >= 15 is 0 Å². The molecule has 1 fully saturated rings. The SMILES string of the molecule is CN1CCC(N=C(N)c2ccc(OC[C@@H](C(=O)O)C(C)(C)C)cc2)C1. The highest BCUT2D eigenvalue weighted by Gasteiger charge is 2.31. The Labute approximate surface area is 149 Å². The monoisotopic (exact) mass is 347 g/mol. The Morgan fingerprint density at radius 2 is 2.04 bits per heavy atom. The maximum Gasteiger partial charge on any atom is 0.310 e. The summed E-state index contributed by atoms with van der Waals surface area (Å²) in [6, 6.07) is 7.59. The number of aliphatic imine (C=N–C) groups is 1. The van der Waals surface area contributed by atoms with Gasteiger partial charge in [-0.25, -0.2) is 0 Å². The number of carboxylic acid groups (broad SMARTS) is 1. The predicted molar refractivity (Wildman–Crippen MR) is 99.1 cm³/mol. The van der Waals surface area contributed by atoms with Crippen molar-refractivity contribution in [1.82, 2.24) is 4.90 Å². The van der Waals surface area contributed by atoms with Gasteiger partial charge in [0.05, 0.1) is 12.0 Å². The van der Waals surface area contributed by atoms with Crippen molar-refractivity contribution < 1.29 is 14.6 Å². The zero-order valence-electron chi connectivity index (χ0n) is 15.5. The minimum absolute atomic E-state index is 0.135. The summed E-state index contributed by atoms with van der Waals surface area (Å²) in [6.07, 6.45) is 1.03. The smallest absolute Gasteiger partial charge is 0.310 e. The van der Waals surface area contributed by atoms with Crippen LogP contribution in [0.2, 0.25) is 0 Å². The van der Waals surface area contributed by atoms with Gasteiger partial charge in [-0.05, 0) is 49.7 Å². The molecule has 0 aliphatic carbocycles. The number of amidine groups is 1. The average Bonchev–Trinajstić information content (AvgIpc) is 2.91. The molecule has 0 amide bonds. The molecular formula is C19H29N3O3. The van der Waals surface area contributed by atoms with Gasteiger partial charge >= 0.3 is 5.97 Å². The zero-order valence-corrected chi connectivity index (χ0v) is 15.5. The van der Waals surface area contributed by atoms with E-state index in [0.29, 0.717) is 11.6 Å². The predicted octanol–water partition coefficient (Wildman–Crippen LogP) is 2.22. The summed E-state index contributed by atoms with van der Waals surface area (Å²) in [5.41, 5.74) is 6.59. The molecule has 2 atom stereocenters. The molecule has 0 aromatic heterocycles. The highest BCUT2D eigenvalue weighted by molar-refractivity contribution is 5.97. The fourth-order valence-corrected chi connectivity index (χ4v) is 2.88. The number of hydrogen-bond donors (Lipinski definition) is 2. The van der Waals surface area contributed by atoms with Gasteiger partial charge in [0.25, 0.3) is 0 Å². The van der Waals surface area contributed by atoms with Crippen molar-refractivity contribution >= 4 is 11.8 Å². The molecule has 2 rings (SSSR count). The summed E-state index contributed by atoms with van der Waals surface area (Å²) in [5, 5.41) is 9.34. The Balaban J connectivity index is 1.97. The van der Waals surface area contributed by atoms with E-state index in [-0.39, 0.29) is 18.1 Å². The molecule has 0 radical (unpaired) electrons. The number of carboxylic acids is 1. The third-order valence-corrected chi connectivity index (χ3v) is 4.60. The second-order valence-corrected chi connectivity index (χ2v) is 7.81. The van der Waals surface area contributed by atoms with E-state index in [1.165, 1.54) is 0 Å². The van der Waals surface area contributed by atoms with Gasteiger partial charge in [0, 0.05) is 12.1 Å². The quantitative estimate of drug-likeness (QED) is 0.608. The van der Waals surface area contributed by atoms with E-state index in [9.17, 15) is 9.90 Å². The molecule has 1 unspecified atom stereocenters. The maximum atomic E-state index is 11.4. The Kier molecular flexibility index (Phi) is 6.06. The third-order valence-electron chi connectivity index (χ3n) is 4.60. The van der Waals surface area contributed by atoms with E-state index in [1.807, 2.05) is 32.9 Å². The lowest BCUT2D eigenvalue weighted by molar-refractivity contribution is -0.146. The van der Waals surface area contributed by atoms with Crippen LogP contribution in [0, 0.1) is 11.3 Å². The van der Waals surface area contributed by atoms with Crippen LogP contribution in [0.15, 0.2) is 29.3 Å². The van der Waals surface area contributed by atoms with E-state index in [0.717, 1.165) is 25.1 Å². The van der Waals surface area contributed by atoms with Crippen LogP contribution in [0.3, 0.4) is 0 Å². The van der Waals surface area contributed by atoms with Gasteiger partial charge in [-0.1, -0.05) is 20.8 Å². The van der Waals surface area contributed by atoms with Crippen LogP contribution in [0.1, 0.15) is 32.8 Å². The summed E-state index contributed by atoms with van der Waals surface area (Å²) in [5.74, 6) is -0.252. The normalized spacial score (nSPS) is 20.5. The van der Waals surface area contributed by atoms with Gasteiger partial charge in [-0.15, -0.1) is 0 Å². The second-order valence-electron chi connectivity index (χ2n) is 7.81. The summed E-state index contributed by atoms with van der Waals surface area (Å²) in [4.78, 5) is 18.2. The minimum Gasteiger partial charge on any atom is -0.493 e. The Bertz CT molecular complexity index is 620. The molecule has 0 spiro atoms. The maximum absolute atomic E-state index is 11.4. The number of benzene rings is 1. The molecule has 6 nitrogen and oxygen atoms in total. The first-order valence-corrected chi connectivity index (χ1v) is 8.64. The van der Waals surface area contributed by atoms with Crippen LogP contribution < -0.4 is 10.5 Å². The van der Waals surface area contributed by atoms with Crippen molar-refractivity contribution in [1.29, 1.82) is 0 Å². The summed E-state index contributed by atoms with van der Waals surface area (Å²) < 4.78 is 5.67. The van der Waals surface area contributed by atoms with Gasteiger partial charge in [0.1, 0.15) is 18.2 Å². The molecule has 6 heteroatoms. The Morgan fingerprint density at radius 3 is 2.52 bits per heavy atom. The summed E-state index contributed by atoms with van der Waals surface area (Å²) in [6.45, 7) is 7.82. The molecule has 0 saturated carbocycles. The fourth-order valence-electron chi connectivity index (χ4n) is 2.88. The molecule has 1 saturated heterocycles. The standard InChI is InChI=1S/C19H29N3O3/c1-19(2,3)16(18(23)24)12-25-15-7-5-13(6-8-15)17(20)21-14-9-10-22(4)11-14/h5-8,14,16H,9-12H2,1-4H3,(H2,20,21)(H,23,24)/t14?,16-/m0/s1. The molecule has 1 aromatic rings. The highest BCUT2D eigenvalue weighted by atomic mass is 16.5. The topological polar surface area (TPSA) is 88.1 Å². The van der Waals surface area contributed by atoms with E-state index in [1.54, 1.807) is 12.1 Å². The number of rotatable bonds is 6. The molecule has 138 valence electrons. The van der Waals surface area contributed by atoms with Crippen LogP contribution in [0.5, 0.6) is 5.75 Å². The fraction of sp³-hybridized carbons (Fsp3) is 0.579. The summed E-state index contributed by atoms with van der Waals surface area (Å²) >= 11 is 0. The molecular weight excluding hydrogens is 318 g/mol. The lowest BCUT2D eigenvalue weighted by Gasteiger charge is -2.26. The van der Waals surface area contributed by atoms with E-state index in [4.69, 9.17) is 10.5 Å². The van der Waals surface area contributed by atoms with Crippen LogP contribution in [0.4, 0.5) is 0 Å². The van der Waals surface area contributed by atoms with Crippen molar-refractivity contribution in [3.05, 3.63) is 29.8 Å². The van der Waals surface area contributed by atoms with Gasteiger partial charge in [-0.2, -0.15) is 0 Å². The van der Waals surface area contributed by atoms with Crippen molar-refractivity contribution in [2.45, 2.75) is 33.2 Å². The van der Waals surface area contributed by atoms with Crippen LogP contribution in [-0.2, 0) is 4.79 Å². The number of nitrogens with two attached hydrogens (primary N) is 1. The Morgan fingerprint density at radius 1 is 1.40 bits per heavy atom. The van der Waals surface area contributed by atoms with Crippen molar-refractivity contribution in [3.63, 3.8) is 0 Å². The van der Waals surface area contributed by atoms with Gasteiger partial charge < -0.3 is 20.5 Å². The number of likely N-dealkylation sites (N-methyl/N-ethyl adjacent to an activating group) is 1. The van der Waals surface area contributed by atoms with Crippen LogP contribution in [0.25, 0.3) is 0 Å². The first-order chi connectivity index (χ1) is 11.7. The molecule has 25 heavy (non-hydrogen) atoms. The molecule has 1 aliphatic heterocycles. The van der Waals surface area contributed by atoms with Gasteiger partial charge in [-0.3, -0.25) is 9.79 Å². The second kappa shape index (κ2) is 7.87. The number of ether oxygens (including phenoxy) is 1. The molecule has 1 aliphatic rings. The van der Waals surface area contributed by atoms with Crippen molar-refractivity contribution in [3.8, 4) is 5.75 Å². The third kappa shape index (κ3) is 5.46. The number of aliphatic carboxylic acids is 1. The van der Waals surface area contributed by atoms with Crippen molar-refractivity contribution in [2.24, 2.45) is 22.1 Å². The molecule has 1 aromatic carbocycles. The number of nitrogens with zero attached hydrogens (tertiary/aromatic N) is 2. The molecule has 3 N–H and O–H groups in total. The largest absolute Gasteiger partial charge is 0.493 e. The average molecular weight is 347 g/mol. The molecule has 0 bridgehead atoms. The van der Waals surface area contributed by atoms with Crippen molar-refractivity contribution in [2.75, 3.05) is 26.7 Å². The highest BCUT2D eigenvalue weighted by Crippen LogP contribution is 2.27. The number of likely N-dealkylation sites (tertiary alicyclic amines) is 1. The minimum atomic E-state index is -0.845. The van der Waals surface area contributed by atoms with E-state index < -0.39 is 11.9 Å². The first-order valence-electron chi connectivity index (χ1n) is 8.64. The first kappa shape index (κ1) is 19.2. The lowest BCUT2D eigenvalue weighted by Crippen LogP contribution is -2.33. The zero-order chi connectivity index (χ0) is 18.6. The van der Waals surface area contributed by atoms with Crippen LogP contribution in [-0.4, -0.2) is 54.6 Å². The number of carbonyl (C=O) groups is 1. The Hall–Kier alpha value is -2.08. The number of hydrogen-bond acceptors (Lipinski definition) is 4. The summed E-state index contributed by atoms with van der Waals surface area (Å²) in [7, 11) is 2.08. The van der Waals surface area contributed by atoms with Gasteiger partial charge in [0.2, 0.25) is 0 Å². The molecule has 1 heterocycles. The van der Waals surface area contributed by atoms with Crippen LogP contribution >= 0.6 is 0 Å². The lowest BCUT2D eigenvalue weighted by atomic mass is 9.81. The van der Waals surface area contributed by atoms with E-state index in [2.05, 4.69) is 16.9 Å². The van der Waals surface area contributed by atoms with Gasteiger partial charge in [0.15, 0.2) is 0 Å².